The Balaban J connectivity index is 1.60. The zero-order chi connectivity index (χ0) is 23.7. The summed E-state index contributed by atoms with van der Waals surface area (Å²) in [6, 6.07) is 3.41. The van der Waals surface area contributed by atoms with Crippen molar-refractivity contribution in [2.45, 2.75) is 51.1 Å². The van der Waals surface area contributed by atoms with Crippen LogP contribution in [0.2, 0.25) is 5.02 Å². The summed E-state index contributed by atoms with van der Waals surface area (Å²) in [5, 5.41) is -0.237. The minimum atomic E-state index is -2.21. The summed E-state index contributed by atoms with van der Waals surface area (Å²) in [5.74, 6) is -0.881. The van der Waals surface area contributed by atoms with Crippen LogP contribution in [-0.4, -0.2) is 39.5 Å². The summed E-state index contributed by atoms with van der Waals surface area (Å²) in [5.41, 5.74) is -1.39. The second kappa shape index (κ2) is 8.95. The quantitative estimate of drug-likeness (QED) is 0.686. The Morgan fingerprint density at radius 1 is 1.39 bits per heavy atom. The van der Waals surface area contributed by atoms with E-state index in [2.05, 4.69) is 9.97 Å². The zero-order valence-electron chi connectivity index (χ0n) is 19.5. The molecule has 0 saturated carbocycles. The Kier molecular flexibility index (Phi) is 5.05. The molecule has 0 N–H and O–H groups in total. The number of hydrogen-bond acceptors (Lipinski definition) is 3. The lowest BCUT2D eigenvalue weighted by Crippen LogP contribution is -2.44. The molecule has 1 fully saturated rings. The molecule has 7 heteroatoms. The molecular formula is C21H24ClF2N3O. The van der Waals surface area contributed by atoms with Crippen molar-refractivity contribution in [3.05, 3.63) is 58.4 Å². The minimum absolute atomic E-state index is 0.0248. The van der Waals surface area contributed by atoms with Crippen LogP contribution in [0.15, 0.2) is 30.6 Å². The number of likely N-dealkylation sites (tertiary alicyclic amines) is 1. The fraction of sp³-hybridized carbons (Fsp3) is 0.476. The van der Waals surface area contributed by atoms with Crippen molar-refractivity contribution in [3.8, 4) is 0 Å². The molecule has 1 aliphatic heterocycles. The Morgan fingerprint density at radius 2 is 2.14 bits per heavy atom. The fourth-order valence-corrected chi connectivity index (χ4v) is 3.25. The van der Waals surface area contributed by atoms with Crippen LogP contribution in [0.4, 0.5) is 8.78 Å². The van der Waals surface area contributed by atoms with Gasteiger partial charge in [0.2, 0.25) is 0 Å². The topological polar surface area (TPSA) is 46.1 Å². The number of carbonyl (C=O) groups is 1. The van der Waals surface area contributed by atoms with Crippen LogP contribution in [0.3, 0.4) is 0 Å². The van der Waals surface area contributed by atoms with Crippen molar-refractivity contribution >= 4 is 17.5 Å². The Bertz CT molecular complexity index is 988. The molecule has 28 heavy (non-hydrogen) atoms. The highest BCUT2D eigenvalue weighted by molar-refractivity contribution is 6.31. The first-order valence-corrected chi connectivity index (χ1v) is 9.46. The summed E-state index contributed by atoms with van der Waals surface area (Å²) < 4.78 is 60.6. The van der Waals surface area contributed by atoms with E-state index >= 15 is 4.39 Å². The second-order valence-corrected chi connectivity index (χ2v) is 7.22. The first kappa shape index (κ1) is 15.8. The Hall–Kier alpha value is -2.08. The van der Waals surface area contributed by atoms with Crippen molar-refractivity contribution in [3.63, 3.8) is 0 Å². The molecule has 0 radical (unpaired) electrons. The number of halogens is 3. The van der Waals surface area contributed by atoms with Gasteiger partial charge in [0.15, 0.2) is 0 Å². The molecule has 2 aromatic rings. The van der Waals surface area contributed by atoms with Gasteiger partial charge in [0.25, 0.3) is 5.91 Å². The first-order valence-electron chi connectivity index (χ1n) is 11.1. The molecule has 1 aromatic carbocycles. The van der Waals surface area contributed by atoms with E-state index in [0.29, 0.717) is 24.2 Å². The van der Waals surface area contributed by atoms with Crippen LogP contribution in [-0.2, 0) is 12.8 Å². The van der Waals surface area contributed by atoms with Crippen LogP contribution in [0.25, 0.3) is 0 Å². The molecule has 0 spiro atoms. The smallest absolute Gasteiger partial charge is 0.253 e. The van der Waals surface area contributed by atoms with E-state index in [1.807, 2.05) is 0 Å². The highest BCUT2D eigenvalue weighted by Gasteiger charge is 2.35. The van der Waals surface area contributed by atoms with Gasteiger partial charge in [0, 0.05) is 42.9 Å². The van der Waals surface area contributed by atoms with E-state index in [1.54, 1.807) is 0 Å². The number of amides is 1. The van der Waals surface area contributed by atoms with Gasteiger partial charge in [-0.3, -0.25) is 4.79 Å². The third kappa shape index (κ3) is 5.04. The normalized spacial score (nSPS) is 24.1. The van der Waals surface area contributed by atoms with Gasteiger partial charge in [-0.2, -0.15) is 0 Å². The van der Waals surface area contributed by atoms with Crippen molar-refractivity contribution < 1.29 is 19.1 Å². The number of alkyl halides is 1. The average Bonchev–Trinajstić information content (AvgIpc) is 2.68. The van der Waals surface area contributed by atoms with Crippen molar-refractivity contribution in [2.24, 2.45) is 0 Å². The number of aromatic nitrogens is 2. The van der Waals surface area contributed by atoms with Crippen molar-refractivity contribution in [2.75, 3.05) is 13.0 Å². The zero-order valence-corrected chi connectivity index (χ0v) is 16.3. The number of nitrogens with zero attached hydrogens (tertiary/aromatic N) is 3. The highest BCUT2D eigenvalue weighted by Crippen LogP contribution is 2.32. The predicted molar refractivity (Wildman–Crippen MR) is 105 cm³/mol. The lowest BCUT2D eigenvalue weighted by molar-refractivity contribution is 0.0389. The average molecular weight is 412 g/mol. The number of carbonyl (C=O) groups excluding carboxylic acids is 1. The lowest BCUT2D eigenvalue weighted by atomic mass is 9.88. The number of benzene rings is 1. The molecule has 1 saturated heterocycles. The van der Waals surface area contributed by atoms with E-state index in [-0.39, 0.29) is 30.0 Å². The monoisotopic (exact) mass is 411 g/mol. The van der Waals surface area contributed by atoms with E-state index in [9.17, 15) is 9.18 Å². The largest absolute Gasteiger partial charge is 0.338 e. The molecular weight excluding hydrogens is 384 g/mol. The third-order valence-corrected chi connectivity index (χ3v) is 5.09. The Labute approximate surface area is 174 Å². The van der Waals surface area contributed by atoms with Crippen LogP contribution >= 0.6 is 11.6 Å². The summed E-state index contributed by atoms with van der Waals surface area (Å²) in [6.45, 7) is -0.919. The predicted octanol–water partition coefficient (Wildman–Crippen LogP) is 4.80. The van der Waals surface area contributed by atoms with Crippen molar-refractivity contribution in [1.82, 2.24) is 14.9 Å². The summed E-state index contributed by atoms with van der Waals surface area (Å²) in [6.07, 6.45) is 1.62. The Morgan fingerprint density at radius 3 is 2.79 bits per heavy atom. The molecule has 1 amide bonds. The molecule has 3 rings (SSSR count). The van der Waals surface area contributed by atoms with Gasteiger partial charge < -0.3 is 4.90 Å². The maximum absolute atomic E-state index is 15.4. The molecule has 0 aliphatic carbocycles. The first-order chi connectivity index (χ1) is 14.8. The standard InChI is InChI=1S/C21H24ClF2N3O/c1-2-15-13-25-19(26-14-15)4-3-7-21(24)8-10-27(11-9-21)20(28)16-5-6-18(23)17(22)12-16/h5-6,12-14H,2-4,7-11H2,1H3/i2D2,10D2. The van der Waals surface area contributed by atoms with E-state index in [1.165, 1.54) is 25.4 Å². The molecule has 1 aliphatic rings. The molecule has 2 heterocycles. The van der Waals surface area contributed by atoms with Gasteiger partial charge in [-0.05, 0) is 55.8 Å². The summed E-state index contributed by atoms with van der Waals surface area (Å²) >= 11 is 5.72. The fourth-order valence-electron chi connectivity index (χ4n) is 3.06. The van der Waals surface area contributed by atoms with Gasteiger partial charge in [-0.25, -0.2) is 18.7 Å². The molecule has 0 bridgehead atoms. The van der Waals surface area contributed by atoms with Gasteiger partial charge in [-0.1, -0.05) is 18.5 Å². The number of rotatable bonds is 6. The van der Waals surface area contributed by atoms with E-state index in [4.69, 9.17) is 17.1 Å². The number of piperidine rings is 1. The maximum Gasteiger partial charge on any atom is 0.253 e. The number of hydrogen-bond donors (Lipinski definition) is 0. The SMILES string of the molecule is [2H]C([2H])(C)c1cnc(CCCC2(F)CCN(C(=O)c3ccc(F)c(Cl)c3)C([2H])([2H])C2)nc1. The van der Waals surface area contributed by atoms with Gasteiger partial charge in [0.05, 0.1) is 5.02 Å². The van der Waals surface area contributed by atoms with Crippen LogP contribution in [0.1, 0.15) is 59.8 Å². The highest BCUT2D eigenvalue weighted by atomic mass is 35.5. The summed E-state index contributed by atoms with van der Waals surface area (Å²) in [7, 11) is 0. The molecule has 1 atom stereocenters. The maximum atomic E-state index is 15.4. The van der Waals surface area contributed by atoms with Gasteiger partial charge in [0.1, 0.15) is 17.3 Å². The van der Waals surface area contributed by atoms with Crippen LogP contribution < -0.4 is 0 Å². The molecule has 4 nitrogen and oxygen atoms in total. The van der Waals surface area contributed by atoms with Crippen LogP contribution in [0, 0.1) is 5.82 Å². The van der Waals surface area contributed by atoms with Gasteiger partial charge >= 0.3 is 0 Å². The van der Waals surface area contributed by atoms with E-state index in [0.717, 1.165) is 17.0 Å². The van der Waals surface area contributed by atoms with E-state index < -0.39 is 36.7 Å². The molecule has 1 aromatic heterocycles. The van der Waals surface area contributed by atoms with Crippen LogP contribution in [0.5, 0.6) is 0 Å². The molecule has 150 valence electrons. The minimum Gasteiger partial charge on any atom is -0.338 e. The lowest BCUT2D eigenvalue weighted by Gasteiger charge is -2.36. The second-order valence-electron chi connectivity index (χ2n) is 6.81. The van der Waals surface area contributed by atoms with Crippen molar-refractivity contribution in [1.29, 1.82) is 0 Å². The summed E-state index contributed by atoms with van der Waals surface area (Å²) in [4.78, 5) is 21.9. The third-order valence-electron chi connectivity index (χ3n) is 4.80. The molecule has 1 unspecified atom stereocenters. The number of aryl methyl sites for hydroxylation is 2. The van der Waals surface area contributed by atoms with Gasteiger partial charge in [-0.15, -0.1) is 0 Å².